The maximum absolute atomic E-state index is 12.2. The number of aliphatic hydroxyl groups is 1. The lowest BCUT2D eigenvalue weighted by molar-refractivity contribution is -0.160. The quantitative estimate of drug-likeness (QED) is 0.758. The minimum Gasteiger partial charge on any atom is -0.480 e. The molecule has 2 amide bonds. The summed E-state index contributed by atoms with van der Waals surface area (Å²) in [4.78, 5) is 26.2. The predicted octanol–water partition coefficient (Wildman–Crippen LogP) is -0.0138. The second-order valence-electron chi connectivity index (χ2n) is 5.88. The van der Waals surface area contributed by atoms with Crippen LogP contribution in [0.5, 0.6) is 0 Å². The molecule has 7 heteroatoms. The molecule has 0 radical (unpaired) electrons. The number of carboxylic acids is 1. The molecular weight excluding hydrogens is 264 g/mol. The minimum atomic E-state index is -0.998. The average Bonchev–Trinajstić information content (AvgIpc) is 2.41. The number of ether oxygens (including phenoxy) is 1. The molecule has 2 saturated heterocycles. The fraction of sp³-hybridized carbons (Fsp3) is 0.846. The van der Waals surface area contributed by atoms with Crippen molar-refractivity contribution in [2.24, 2.45) is 5.92 Å². The Morgan fingerprint density at radius 3 is 2.35 bits per heavy atom. The Balaban J connectivity index is 1.75. The van der Waals surface area contributed by atoms with Crippen LogP contribution in [-0.2, 0) is 9.53 Å². The van der Waals surface area contributed by atoms with Gasteiger partial charge in [0.05, 0.1) is 13.1 Å². The van der Waals surface area contributed by atoms with Crippen molar-refractivity contribution in [1.82, 2.24) is 9.80 Å². The third kappa shape index (κ3) is 3.40. The van der Waals surface area contributed by atoms with Crippen molar-refractivity contribution in [3.05, 3.63) is 0 Å². The monoisotopic (exact) mass is 286 g/mol. The molecule has 20 heavy (non-hydrogen) atoms. The molecule has 0 bridgehead atoms. The van der Waals surface area contributed by atoms with Crippen molar-refractivity contribution in [1.29, 1.82) is 0 Å². The smallest absolute Gasteiger partial charge is 0.329 e. The fourth-order valence-electron chi connectivity index (χ4n) is 2.73. The Labute approximate surface area is 118 Å². The number of hydrogen-bond acceptors (Lipinski definition) is 4. The zero-order valence-corrected chi connectivity index (χ0v) is 11.7. The molecule has 0 aromatic heterocycles. The van der Waals surface area contributed by atoms with Crippen LogP contribution in [0.1, 0.15) is 19.8 Å². The van der Waals surface area contributed by atoms with E-state index in [2.05, 4.69) is 0 Å². The molecule has 0 saturated carbocycles. The maximum atomic E-state index is 12.2. The van der Waals surface area contributed by atoms with Gasteiger partial charge >= 0.3 is 12.0 Å². The fourth-order valence-corrected chi connectivity index (χ4v) is 2.73. The van der Waals surface area contributed by atoms with Gasteiger partial charge in [0.15, 0.2) is 0 Å². The number of hydrogen-bond donors (Lipinski definition) is 2. The van der Waals surface area contributed by atoms with E-state index in [1.54, 1.807) is 9.80 Å². The van der Waals surface area contributed by atoms with Crippen LogP contribution in [0.15, 0.2) is 0 Å². The van der Waals surface area contributed by atoms with Crippen LogP contribution in [0.2, 0.25) is 0 Å². The van der Waals surface area contributed by atoms with Gasteiger partial charge in [-0.3, -0.25) is 0 Å². The largest absolute Gasteiger partial charge is 0.480 e. The van der Waals surface area contributed by atoms with Crippen LogP contribution < -0.4 is 0 Å². The van der Waals surface area contributed by atoms with Crippen molar-refractivity contribution in [2.75, 3.05) is 39.4 Å². The first kappa shape index (κ1) is 15.1. The molecule has 2 N–H and O–H groups in total. The Bertz CT molecular complexity index is 373. The van der Waals surface area contributed by atoms with E-state index < -0.39 is 11.6 Å². The molecule has 2 fully saturated rings. The zero-order valence-electron chi connectivity index (χ0n) is 11.7. The van der Waals surface area contributed by atoms with Crippen LogP contribution >= 0.6 is 0 Å². The number of aliphatic carboxylic acids is 1. The summed E-state index contributed by atoms with van der Waals surface area (Å²) < 4.78 is 5.28. The SMILES string of the molecule is CC1(OCC(=O)O)CN(C(=O)N2CCC(CO)CC2)C1. The van der Waals surface area contributed by atoms with Crippen LogP contribution in [0.25, 0.3) is 0 Å². The summed E-state index contributed by atoms with van der Waals surface area (Å²) in [5.74, 6) is -0.693. The zero-order chi connectivity index (χ0) is 14.8. The summed E-state index contributed by atoms with van der Waals surface area (Å²) >= 11 is 0. The van der Waals surface area contributed by atoms with E-state index >= 15 is 0 Å². The van der Waals surface area contributed by atoms with Gasteiger partial charge in [0.2, 0.25) is 0 Å². The standard InChI is InChI=1S/C13H22N2O5/c1-13(20-7-11(17)18)8-15(9-13)12(19)14-4-2-10(6-16)3-5-14/h10,16H,2-9H2,1H3,(H,17,18). The lowest BCUT2D eigenvalue weighted by Gasteiger charge is -2.49. The lowest BCUT2D eigenvalue weighted by Crippen LogP contribution is -2.66. The second-order valence-corrected chi connectivity index (χ2v) is 5.88. The number of carboxylic acid groups (broad SMARTS) is 1. The number of rotatable bonds is 4. The number of piperidine rings is 1. The highest BCUT2D eigenvalue weighted by molar-refractivity contribution is 5.76. The summed E-state index contributed by atoms with van der Waals surface area (Å²) in [6.45, 7) is 3.88. The normalized spacial score (nSPS) is 22.5. The van der Waals surface area contributed by atoms with E-state index in [1.165, 1.54) is 0 Å². The molecule has 114 valence electrons. The van der Waals surface area contributed by atoms with Gasteiger partial charge < -0.3 is 24.7 Å². The van der Waals surface area contributed by atoms with Gasteiger partial charge in [-0.05, 0) is 25.7 Å². The number of likely N-dealkylation sites (tertiary alicyclic amines) is 2. The first-order valence-corrected chi connectivity index (χ1v) is 6.94. The van der Waals surface area contributed by atoms with Gasteiger partial charge in [-0.2, -0.15) is 0 Å². The number of urea groups is 1. The Hall–Kier alpha value is -1.34. The van der Waals surface area contributed by atoms with Crippen LogP contribution in [-0.4, -0.2) is 77.0 Å². The Kier molecular flexibility index (Phi) is 4.49. The number of nitrogens with zero attached hydrogens (tertiary/aromatic N) is 2. The van der Waals surface area contributed by atoms with Crippen LogP contribution in [0.4, 0.5) is 4.79 Å². The molecule has 0 atom stereocenters. The van der Waals surface area contributed by atoms with Crippen molar-refractivity contribution in [3.8, 4) is 0 Å². The molecule has 2 aliphatic heterocycles. The summed E-state index contributed by atoms with van der Waals surface area (Å²) in [5.41, 5.74) is -0.544. The van der Waals surface area contributed by atoms with E-state index in [0.717, 1.165) is 12.8 Å². The molecule has 0 aliphatic carbocycles. The van der Waals surface area contributed by atoms with E-state index in [1.807, 2.05) is 6.92 Å². The third-order valence-corrected chi connectivity index (χ3v) is 4.01. The van der Waals surface area contributed by atoms with Gasteiger partial charge in [-0.1, -0.05) is 0 Å². The van der Waals surface area contributed by atoms with Gasteiger partial charge in [-0.25, -0.2) is 9.59 Å². The van der Waals surface area contributed by atoms with Crippen LogP contribution in [0.3, 0.4) is 0 Å². The molecular formula is C13H22N2O5. The van der Waals surface area contributed by atoms with Crippen molar-refractivity contribution in [3.63, 3.8) is 0 Å². The summed E-state index contributed by atoms with van der Waals surface area (Å²) in [5, 5.41) is 17.7. The summed E-state index contributed by atoms with van der Waals surface area (Å²) in [6.07, 6.45) is 1.67. The number of aliphatic hydroxyl groups excluding tert-OH is 1. The third-order valence-electron chi connectivity index (χ3n) is 4.01. The molecule has 2 heterocycles. The molecule has 0 aromatic rings. The minimum absolute atomic E-state index is 0.0159. The van der Waals surface area contributed by atoms with Gasteiger partial charge in [-0.15, -0.1) is 0 Å². The maximum Gasteiger partial charge on any atom is 0.329 e. The highest BCUT2D eigenvalue weighted by Crippen LogP contribution is 2.27. The van der Waals surface area contributed by atoms with Crippen molar-refractivity contribution >= 4 is 12.0 Å². The van der Waals surface area contributed by atoms with E-state index in [4.69, 9.17) is 14.9 Å². The first-order valence-electron chi connectivity index (χ1n) is 6.94. The Morgan fingerprint density at radius 2 is 1.85 bits per heavy atom. The van der Waals surface area contributed by atoms with E-state index in [-0.39, 0.29) is 19.2 Å². The predicted molar refractivity (Wildman–Crippen MR) is 70.3 cm³/mol. The molecule has 0 aromatic carbocycles. The Morgan fingerprint density at radius 1 is 1.25 bits per heavy atom. The number of amides is 2. The van der Waals surface area contributed by atoms with Crippen LogP contribution in [0, 0.1) is 5.92 Å². The highest BCUT2D eigenvalue weighted by Gasteiger charge is 2.44. The molecule has 0 unspecified atom stereocenters. The van der Waals surface area contributed by atoms with E-state index in [0.29, 0.717) is 32.1 Å². The van der Waals surface area contributed by atoms with E-state index in [9.17, 15) is 9.59 Å². The van der Waals surface area contributed by atoms with Crippen molar-refractivity contribution < 1.29 is 24.5 Å². The summed E-state index contributed by atoms with van der Waals surface area (Å²) in [7, 11) is 0. The molecule has 2 aliphatic rings. The van der Waals surface area contributed by atoms with Gasteiger partial charge in [0, 0.05) is 19.7 Å². The molecule has 0 spiro atoms. The molecule has 7 nitrogen and oxygen atoms in total. The van der Waals surface area contributed by atoms with Gasteiger partial charge in [0.25, 0.3) is 0 Å². The highest BCUT2D eigenvalue weighted by atomic mass is 16.5. The second kappa shape index (κ2) is 5.97. The first-order chi connectivity index (χ1) is 9.43. The average molecular weight is 286 g/mol. The topological polar surface area (TPSA) is 90.3 Å². The van der Waals surface area contributed by atoms with Crippen molar-refractivity contribution in [2.45, 2.75) is 25.4 Å². The summed E-state index contributed by atoms with van der Waals surface area (Å²) in [6, 6.07) is -0.0159. The lowest BCUT2D eigenvalue weighted by atomic mass is 9.95. The van der Waals surface area contributed by atoms with Gasteiger partial charge in [0.1, 0.15) is 12.2 Å². The number of carbonyl (C=O) groups is 2. The number of carbonyl (C=O) groups excluding carboxylic acids is 1. The molecule has 2 rings (SSSR count).